The fourth-order valence-corrected chi connectivity index (χ4v) is 5.80. The van der Waals surface area contributed by atoms with Gasteiger partial charge in [-0.3, -0.25) is 4.98 Å². The molecule has 0 radical (unpaired) electrons. The summed E-state index contributed by atoms with van der Waals surface area (Å²) in [6.45, 7) is 4.16. The van der Waals surface area contributed by atoms with E-state index in [-0.39, 0.29) is 0 Å². The summed E-state index contributed by atoms with van der Waals surface area (Å²) in [5, 5.41) is 1.80. The Morgan fingerprint density at radius 1 is 0.867 bits per heavy atom. The standard InChI is InChI=1S/C22H23N5S3/c1-15-8-10-24-21(25-15)29-13-5-12-28-20-9-11-23-19(16(20)2)14-30-22-26-17-6-3-4-7-18(17)27-22/h3-4,6-11H,5,12-14H2,1-2H3,(H,26,27). The second-order valence-corrected chi connectivity index (χ2v) is 9.92. The number of benzene rings is 1. The molecule has 0 aliphatic rings. The Hall–Kier alpha value is -2.03. The van der Waals surface area contributed by atoms with Crippen LogP contribution in [0.5, 0.6) is 0 Å². The van der Waals surface area contributed by atoms with Gasteiger partial charge in [-0.05, 0) is 55.9 Å². The van der Waals surface area contributed by atoms with E-state index >= 15 is 0 Å². The van der Waals surface area contributed by atoms with Crippen LogP contribution in [0.1, 0.15) is 23.4 Å². The van der Waals surface area contributed by atoms with Gasteiger partial charge in [0.1, 0.15) is 0 Å². The van der Waals surface area contributed by atoms with E-state index < -0.39 is 0 Å². The molecular weight excluding hydrogens is 430 g/mol. The monoisotopic (exact) mass is 453 g/mol. The number of nitrogens with one attached hydrogen (secondary N) is 1. The van der Waals surface area contributed by atoms with Crippen molar-refractivity contribution in [3.63, 3.8) is 0 Å². The van der Waals surface area contributed by atoms with E-state index in [4.69, 9.17) is 0 Å². The molecule has 1 aromatic carbocycles. The van der Waals surface area contributed by atoms with Gasteiger partial charge in [-0.1, -0.05) is 35.7 Å². The molecule has 0 bridgehead atoms. The largest absolute Gasteiger partial charge is 0.333 e. The van der Waals surface area contributed by atoms with Crippen molar-refractivity contribution in [3.05, 3.63) is 65.7 Å². The third kappa shape index (κ3) is 5.56. The molecule has 0 aliphatic heterocycles. The van der Waals surface area contributed by atoms with E-state index in [0.29, 0.717) is 0 Å². The van der Waals surface area contributed by atoms with Gasteiger partial charge in [-0.15, -0.1) is 11.8 Å². The van der Waals surface area contributed by atoms with Crippen molar-refractivity contribution in [2.45, 2.75) is 41.2 Å². The highest BCUT2D eigenvalue weighted by atomic mass is 32.2. The normalized spacial score (nSPS) is 11.3. The minimum Gasteiger partial charge on any atom is -0.333 e. The van der Waals surface area contributed by atoms with Gasteiger partial charge in [0.2, 0.25) is 0 Å². The predicted octanol–water partition coefficient (Wildman–Crippen LogP) is 5.93. The number of aromatic nitrogens is 5. The van der Waals surface area contributed by atoms with Crippen LogP contribution >= 0.6 is 35.3 Å². The first-order valence-corrected chi connectivity index (χ1v) is 12.7. The molecule has 0 spiro atoms. The van der Waals surface area contributed by atoms with Crippen molar-refractivity contribution in [1.29, 1.82) is 0 Å². The Bertz CT molecular complexity index is 1100. The number of aryl methyl sites for hydroxylation is 1. The topological polar surface area (TPSA) is 67.3 Å². The number of H-pyrrole nitrogens is 1. The van der Waals surface area contributed by atoms with Crippen LogP contribution < -0.4 is 0 Å². The van der Waals surface area contributed by atoms with E-state index in [1.165, 1.54) is 10.5 Å². The first kappa shape index (κ1) is 21.2. The van der Waals surface area contributed by atoms with Gasteiger partial charge < -0.3 is 4.98 Å². The molecule has 8 heteroatoms. The minimum absolute atomic E-state index is 0.806. The highest BCUT2D eigenvalue weighted by Gasteiger charge is 2.09. The second kappa shape index (κ2) is 10.3. The molecule has 30 heavy (non-hydrogen) atoms. The number of aromatic amines is 1. The quantitative estimate of drug-likeness (QED) is 0.191. The summed E-state index contributed by atoms with van der Waals surface area (Å²) in [5.74, 6) is 2.90. The fourth-order valence-electron chi connectivity index (χ4n) is 2.90. The second-order valence-electron chi connectivity index (χ2n) is 6.76. The third-order valence-corrected chi connectivity index (χ3v) is 7.60. The maximum Gasteiger partial charge on any atom is 0.187 e. The lowest BCUT2D eigenvalue weighted by Gasteiger charge is -2.09. The van der Waals surface area contributed by atoms with Crippen molar-refractivity contribution in [2.75, 3.05) is 11.5 Å². The SMILES string of the molecule is Cc1ccnc(SCCCSc2ccnc(CSc3nc4ccccc4[nH]3)c2C)n1. The van der Waals surface area contributed by atoms with Crippen LogP contribution in [0.2, 0.25) is 0 Å². The molecule has 0 amide bonds. The summed E-state index contributed by atoms with van der Waals surface area (Å²) >= 11 is 5.32. The van der Waals surface area contributed by atoms with Gasteiger partial charge in [0, 0.05) is 34.5 Å². The van der Waals surface area contributed by atoms with Crippen LogP contribution in [0, 0.1) is 13.8 Å². The average Bonchev–Trinajstić information content (AvgIpc) is 3.17. The molecule has 4 aromatic rings. The number of pyridine rings is 1. The van der Waals surface area contributed by atoms with Crippen LogP contribution in [0.3, 0.4) is 0 Å². The van der Waals surface area contributed by atoms with Gasteiger partial charge in [0.25, 0.3) is 0 Å². The molecule has 0 fully saturated rings. The predicted molar refractivity (Wildman–Crippen MR) is 127 cm³/mol. The van der Waals surface area contributed by atoms with E-state index in [9.17, 15) is 0 Å². The van der Waals surface area contributed by atoms with E-state index in [1.54, 1.807) is 23.5 Å². The molecule has 1 N–H and O–H groups in total. The van der Waals surface area contributed by atoms with Crippen LogP contribution in [-0.4, -0.2) is 36.4 Å². The molecule has 0 atom stereocenters. The summed E-state index contributed by atoms with van der Waals surface area (Å²) in [5.41, 5.74) is 5.47. The van der Waals surface area contributed by atoms with Crippen LogP contribution in [0.15, 0.2) is 64.0 Å². The maximum atomic E-state index is 4.64. The zero-order chi connectivity index (χ0) is 20.8. The maximum absolute atomic E-state index is 4.64. The van der Waals surface area contributed by atoms with Gasteiger partial charge in [0.05, 0.1) is 16.7 Å². The van der Waals surface area contributed by atoms with Gasteiger partial charge in [-0.25, -0.2) is 15.0 Å². The van der Waals surface area contributed by atoms with Crippen LogP contribution in [0.25, 0.3) is 11.0 Å². The number of fused-ring (bicyclic) bond motifs is 1. The van der Waals surface area contributed by atoms with Crippen molar-refractivity contribution in [3.8, 4) is 0 Å². The summed E-state index contributed by atoms with van der Waals surface area (Å²) < 4.78 is 0. The molecule has 0 aliphatic carbocycles. The Morgan fingerprint density at radius 3 is 2.57 bits per heavy atom. The fraction of sp³-hybridized carbons (Fsp3) is 0.273. The van der Waals surface area contributed by atoms with Gasteiger partial charge in [0.15, 0.2) is 10.3 Å². The van der Waals surface area contributed by atoms with Crippen LogP contribution in [0.4, 0.5) is 0 Å². The van der Waals surface area contributed by atoms with E-state index in [2.05, 4.69) is 44.0 Å². The highest BCUT2D eigenvalue weighted by molar-refractivity contribution is 8.00. The zero-order valence-electron chi connectivity index (χ0n) is 17.0. The lowest BCUT2D eigenvalue weighted by atomic mass is 10.2. The Morgan fingerprint density at radius 2 is 1.70 bits per heavy atom. The van der Waals surface area contributed by atoms with Crippen molar-refractivity contribution in [1.82, 2.24) is 24.9 Å². The lowest BCUT2D eigenvalue weighted by Crippen LogP contribution is -1.95. The Kier molecular flexibility index (Phi) is 7.30. The number of para-hydroxylation sites is 2. The first-order chi connectivity index (χ1) is 14.7. The molecule has 0 saturated heterocycles. The number of hydrogen-bond donors (Lipinski definition) is 1. The average molecular weight is 454 g/mol. The van der Waals surface area contributed by atoms with E-state index in [0.717, 1.165) is 56.4 Å². The number of rotatable bonds is 9. The zero-order valence-corrected chi connectivity index (χ0v) is 19.4. The third-order valence-electron chi connectivity index (χ3n) is 4.52. The van der Waals surface area contributed by atoms with Crippen molar-refractivity contribution >= 4 is 46.3 Å². The summed E-state index contributed by atoms with van der Waals surface area (Å²) in [6.07, 6.45) is 4.85. The van der Waals surface area contributed by atoms with Crippen molar-refractivity contribution in [2.24, 2.45) is 0 Å². The molecule has 5 nitrogen and oxygen atoms in total. The number of imidazole rings is 1. The molecule has 154 valence electrons. The Balaban J connectivity index is 1.28. The van der Waals surface area contributed by atoms with Crippen molar-refractivity contribution < 1.29 is 0 Å². The molecule has 4 rings (SSSR count). The van der Waals surface area contributed by atoms with Gasteiger partial charge in [-0.2, -0.15) is 0 Å². The summed E-state index contributed by atoms with van der Waals surface area (Å²) in [4.78, 5) is 22.7. The van der Waals surface area contributed by atoms with Crippen LogP contribution in [-0.2, 0) is 5.75 Å². The number of nitrogens with zero attached hydrogens (tertiary/aromatic N) is 4. The highest BCUT2D eigenvalue weighted by Crippen LogP contribution is 2.29. The summed E-state index contributed by atoms with van der Waals surface area (Å²) in [7, 11) is 0. The number of hydrogen-bond acceptors (Lipinski definition) is 7. The molecule has 3 heterocycles. The lowest BCUT2D eigenvalue weighted by molar-refractivity contribution is 0.929. The van der Waals surface area contributed by atoms with E-state index in [1.807, 2.05) is 55.3 Å². The molecule has 0 saturated carbocycles. The first-order valence-electron chi connectivity index (χ1n) is 9.76. The molecule has 3 aromatic heterocycles. The minimum atomic E-state index is 0.806. The number of thioether (sulfide) groups is 3. The molecular formula is C22H23N5S3. The van der Waals surface area contributed by atoms with Gasteiger partial charge >= 0.3 is 0 Å². The summed E-state index contributed by atoms with van der Waals surface area (Å²) in [6, 6.07) is 12.2. The molecule has 0 unspecified atom stereocenters. The Labute approximate surface area is 189 Å². The smallest absolute Gasteiger partial charge is 0.187 e.